The van der Waals surface area contributed by atoms with Gasteiger partial charge in [0.2, 0.25) is 0 Å². The largest absolute Gasteiger partial charge is 0.302 e. The molecule has 0 aliphatic heterocycles. The van der Waals surface area contributed by atoms with E-state index in [1.807, 2.05) is 18.3 Å². The molecule has 1 unspecified atom stereocenters. The minimum absolute atomic E-state index is 0.235. The summed E-state index contributed by atoms with van der Waals surface area (Å²) in [6.07, 6.45) is 2.95. The molecule has 0 bridgehead atoms. The van der Waals surface area contributed by atoms with Gasteiger partial charge in [-0.05, 0) is 36.5 Å². The van der Waals surface area contributed by atoms with Crippen LogP contribution in [-0.4, -0.2) is 4.98 Å². The Bertz CT molecular complexity index is 528. The maximum absolute atomic E-state index is 4.46. The normalized spacial score (nSPS) is 14.7. The highest BCUT2D eigenvalue weighted by molar-refractivity contribution is 5.20. The first-order chi connectivity index (χ1) is 9.96. The van der Waals surface area contributed by atoms with Crippen LogP contribution in [0, 0.1) is 5.41 Å². The third-order valence-corrected chi connectivity index (χ3v) is 3.60. The zero-order valence-corrected chi connectivity index (χ0v) is 13.5. The smallest absolute Gasteiger partial charge is 0.0570 e. The molecule has 0 saturated heterocycles. The summed E-state index contributed by atoms with van der Waals surface area (Å²) in [5.74, 6) is 0. The predicted molar refractivity (Wildman–Crippen MR) is 89.0 cm³/mol. The number of rotatable bonds is 5. The molecule has 2 atom stereocenters. The molecular weight excluding hydrogens is 256 g/mol. The highest BCUT2D eigenvalue weighted by Gasteiger charge is 2.22. The second kappa shape index (κ2) is 6.86. The molecule has 2 aromatic rings. The summed E-state index contributed by atoms with van der Waals surface area (Å²) in [6, 6.07) is 17.3. The number of nitrogens with one attached hydrogen (secondary N) is 1. The molecule has 1 aromatic heterocycles. The number of pyridine rings is 1. The monoisotopic (exact) mass is 282 g/mol. The number of hydrogen-bond acceptors (Lipinski definition) is 2. The van der Waals surface area contributed by atoms with Gasteiger partial charge in [0, 0.05) is 18.3 Å². The molecular formula is C19H26N2. The molecule has 0 fully saturated rings. The van der Waals surface area contributed by atoms with Crippen molar-refractivity contribution in [3.63, 3.8) is 0 Å². The zero-order chi connectivity index (χ0) is 15.3. The molecule has 0 aliphatic carbocycles. The highest BCUT2D eigenvalue weighted by atomic mass is 15.0. The molecule has 0 amide bonds. The molecule has 1 heterocycles. The summed E-state index contributed by atoms with van der Waals surface area (Å²) >= 11 is 0. The average Bonchev–Trinajstić information content (AvgIpc) is 2.47. The van der Waals surface area contributed by atoms with Gasteiger partial charge in [-0.1, -0.05) is 57.2 Å². The molecule has 2 nitrogen and oxygen atoms in total. The van der Waals surface area contributed by atoms with Crippen LogP contribution in [0.1, 0.15) is 57.5 Å². The van der Waals surface area contributed by atoms with Crippen molar-refractivity contribution in [3.8, 4) is 0 Å². The van der Waals surface area contributed by atoms with Gasteiger partial charge < -0.3 is 5.32 Å². The Morgan fingerprint density at radius 2 is 1.67 bits per heavy atom. The van der Waals surface area contributed by atoms with E-state index in [4.69, 9.17) is 0 Å². The summed E-state index contributed by atoms with van der Waals surface area (Å²) in [4.78, 5) is 4.46. The minimum Gasteiger partial charge on any atom is -0.302 e. The topological polar surface area (TPSA) is 24.9 Å². The van der Waals surface area contributed by atoms with E-state index < -0.39 is 0 Å². The Balaban J connectivity index is 2.16. The summed E-state index contributed by atoms with van der Waals surface area (Å²) in [5.41, 5.74) is 2.71. The molecule has 2 rings (SSSR count). The van der Waals surface area contributed by atoms with Gasteiger partial charge in [0.05, 0.1) is 5.69 Å². The third-order valence-electron chi connectivity index (χ3n) is 3.60. The van der Waals surface area contributed by atoms with Gasteiger partial charge in [-0.25, -0.2) is 0 Å². The maximum atomic E-state index is 4.46. The Kier molecular flexibility index (Phi) is 5.13. The van der Waals surface area contributed by atoms with E-state index in [1.165, 1.54) is 5.56 Å². The Morgan fingerprint density at radius 1 is 1.00 bits per heavy atom. The van der Waals surface area contributed by atoms with Gasteiger partial charge >= 0.3 is 0 Å². The molecule has 0 radical (unpaired) electrons. The molecule has 1 N–H and O–H groups in total. The first kappa shape index (κ1) is 15.7. The second-order valence-electron chi connectivity index (χ2n) is 6.87. The van der Waals surface area contributed by atoms with Crippen LogP contribution in [0.25, 0.3) is 0 Å². The van der Waals surface area contributed by atoms with Crippen molar-refractivity contribution in [3.05, 3.63) is 66.0 Å². The van der Waals surface area contributed by atoms with E-state index in [-0.39, 0.29) is 11.5 Å². The predicted octanol–water partition coefficient (Wildman–Crippen LogP) is 4.91. The van der Waals surface area contributed by atoms with Crippen molar-refractivity contribution in [1.29, 1.82) is 0 Å². The highest BCUT2D eigenvalue weighted by Crippen LogP contribution is 2.31. The summed E-state index contributed by atoms with van der Waals surface area (Å²) in [7, 11) is 0. The minimum atomic E-state index is 0.235. The first-order valence-electron chi connectivity index (χ1n) is 7.68. The van der Waals surface area contributed by atoms with Crippen LogP contribution in [-0.2, 0) is 0 Å². The molecule has 0 spiro atoms. The Labute approximate surface area is 128 Å². The van der Waals surface area contributed by atoms with Crippen LogP contribution >= 0.6 is 0 Å². The SMILES string of the molecule is C[C@H](NC(CC(C)(C)C)c1ccccc1)c1ccccn1. The van der Waals surface area contributed by atoms with E-state index in [9.17, 15) is 0 Å². The van der Waals surface area contributed by atoms with Crippen molar-refractivity contribution in [2.75, 3.05) is 0 Å². The lowest BCUT2D eigenvalue weighted by molar-refractivity contribution is 0.296. The van der Waals surface area contributed by atoms with Crippen LogP contribution in [0.4, 0.5) is 0 Å². The van der Waals surface area contributed by atoms with E-state index in [1.54, 1.807) is 0 Å². The van der Waals surface area contributed by atoms with Crippen LogP contribution < -0.4 is 5.32 Å². The van der Waals surface area contributed by atoms with Gasteiger partial charge in [0.25, 0.3) is 0 Å². The fraction of sp³-hybridized carbons (Fsp3) is 0.421. The van der Waals surface area contributed by atoms with Crippen LogP contribution in [0.5, 0.6) is 0 Å². The van der Waals surface area contributed by atoms with Crippen molar-refractivity contribution in [2.24, 2.45) is 5.41 Å². The fourth-order valence-corrected chi connectivity index (χ4v) is 2.59. The second-order valence-corrected chi connectivity index (χ2v) is 6.87. The lowest BCUT2D eigenvalue weighted by Gasteiger charge is -2.29. The van der Waals surface area contributed by atoms with Crippen molar-refractivity contribution < 1.29 is 0 Å². The van der Waals surface area contributed by atoms with Gasteiger partial charge in [0.15, 0.2) is 0 Å². The van der Waals surface area contributed by atoms with Gasteiger partial charge in [-0.2, -0.15) is 0 Å². The summed E-state index contributed by atoms with van der Waals surface area (Å²) < 4.78 is 0. The van der Waals surface area contributed by atoms with E-state index in [0.29, 0.717) is 6.04 Å². The molecule has 112 valence electrons. The van der Waals surface area contributed by atoms with Gasteiger partial charge in [-0.3, -0.25) is 4.98 Å². The van der Waals surface area contributed by atoms with E-state index in [2.05, 4.69) is 74.4 Å². The lowest BCUT2D eigenvalue weighted by atomic mass is 9.85. The standard InChI is InChI=1S/C19H26N2/c1-15(17-12-8-9-13-20-17)21-18(14-19(2,3)4)16-10-6-5-7-11-16/h5-13,15,18,21H,14H2,1-4H3/t15-,18?/m0/s1. The molecule has 1 aromatic carbocycles. The van der Waals surface area contributed by atoms with Crippen LogP contribution in [0.2, 0.25) is 0 Å². The number of benzene rings is 1. The third kappa shape index (κ3) is 4.98. The fourth-order valence-electron chi connectivity index (χ4n) is 2.59. The summed E-state index contributed by atoms with van der Waals surface area (Å²) in [5, 5.41) is 3.74. The van der Waals surface area contributed by atoms with Crippen LogP contribution in [0.15, 0.2) is 54.7 Å². The molecule has 0 saturated carbocycles. The van der Waals surface area contributed by atoms with Crippen molar-refractivity contribution in [1.82, 2.24) is 10.3 Å². The van der Waals surface area contributed by atoms with E-state index >= 15 is 0 Å². The Morgan fingerprint density at radius 3 is 2.24 bits per heavy atom. The molecule has 0 aliphatic rings. The number of nitrogens with zero attached hydrogens (tertiary/aromatic N) is 1. The molecule has 2 heteroatoms. The van der Waals surface area contributed by atoms with Crippen molar-refractivity contribution in [2.45, 2.75) is 46.2 Å². The Hall–Kier alpha value is -1.67. The molecule has 21 heavy (non-hydrogen) atoms. The van der Waals surface area contributed by atoms with Crippen molar-refractivity contribution >= 4 is 0 Å². The van der Waals surface area contributed by atoms with Gasteiger partial charge in [0.1, 0.15) is 0 Å². The maximum Gasteiger partial charge on any atom is 0.0570 e. The number of hydrogen-bond donors (Lipinski definition) is 1. The lowest BCUT2D eigenvalue weighted by Crippen LogP contribution is -2.28. The quantitative estimate of drug-likeness (QED) is 0.843. The zero-order valence-electron chi connectivity index (χ0n) is 13.5. The average molecular weight is 282 g/mol. The van der Waals surface area contributed by atoms with Crippen LogP contribution in [0.3, 0.4) is 0 Å². The number of aromatic nitrogens is 1. The first-order valence-corrected chi connectivity index (χ1v) is 7.68. The summed E-state index contributed by atoms with van der Waals surface area (Å²) in [6.45, 7) is 9.04. The van der Waals surface area contributed by atoms with E-state index in [0.717, 1.165) is 12.1 Å². The van der Waals surface area contributed by atoms with Gasteiger partial charge in [-0.15, -0.1) is 0 Å².